The third-order valence-corrected chi connectivity index (χ3v) is 4.12. The molecular formula is C19H22N2O3. The van der Waals surface area contributed by atoms with Crippen LogP contribution >= 0.6 is 0 Å². The van der Waals surface area contributed by atoms with Crippen molar-refractivity contribution in [2.24, 2.45) is 0 Å². The van der Waals surface area contributed by atoms with Crippen LogP contribution in [0.2, 0.25) is 0 Å². The minimum atomic E-state index is 0.0487. The second-order valence-corrected chi connectivity index (χ2v) is 5.77. The van der Waals surface area contributed by atoms with E-state index < -0.39 is 0 Å². The number of nitrogens with zero attached hydrogens (tertiary/aromatic N) is 2. The highest BCUT2D eigenvalue weighted by Crippen LogP contribution is 2.29. The van der Waals surface area contributed by atoms with Gasteiger partial charge in [0.15, 0.2) is 0 Å². The highest BCUT2D eigenvalue weighted by molar-refractivity contribution is 5.94. The van der Waals surface area contributed by atoms with Crippen molar-refractivity contribution in [3.8, 4) is 11.5 Å². The highest BCUT2D eigenvalue weighted by Gasteiger charge is 2.16. The Kier molecular flexibility index (Phi) is 5.25. The summed E-state index contributed by atoms with van der Waals surface area (Å²) in [5, 5.41) is 20.5. The maximum absolute atomic E-state index is 9.15. The zero-order valence-electron chi connectivity index (χ0n) is 13.8. The fourth-order valence-corrected chi connectivity index (χ4v) is 2.87. The second-order valence-electron chi connectivity index (χ2n) is 5.77. The van der Waals surface area contributed by atoms with Crippen LogP contribution in [-0.4, -0.2) is 46.4 Å². The van der Waals surface area contributed by atoms with Gasteiger partial charge in [0.2, 0.25) is 5.89 Å². The van der Waals surface area contributed by atoms with Crippen molar-refractivity contribution < 1.29 is 14.6 Å². The Hall–Kier alpha value is -2.21. The van der Waals surface area contributed by atoms with Gasteiger partial charge in [-0.15, -0.1) is 0 Å². The molecule has 0 aliphatic heterocycles. The number of oxazole rings is 1. The maximum atomic E-state index is 9.15. The van der Waals surface area contributed by atoms with Gasteiger partial charge in [-0.25, -0.2) is 4.98 Å². The van der Waals surface area contributed by atoms with Crippen LogP contribution in [-0.2, 0) is 6.54 Å². The Morgan fingerprint density at radius 2 is 1.71 bits per heavy atom. The number of aryl methyl sites for hydroxylation is 1. The molecule has 0 bridgehead atoms. The van der Waals surface area contributed by atoms with Gasteiger partial charge in [0, 0.05) is 25.2 Å². The number of hydrogen-bond acceptors (Lipinski definition) is 5. The summed E-state index contributed by atoms with van der Waals surface area (Å²) in [5.74, 6) is 1.37. The van der Waals surface area contributed by atoms with E-state index in [0.717, 1.165) is 27.8 Å². The number of rotatable bonds is 7. The van der Waals surface area contributed by atoms with Crippen LogP contribution in [0.25, 0.3) is 22.2 Å². The summed E-state index contributed by atoms with van der Waals surface area (Å²) in [6.45, 7) is 3.53. The average molecular weight is 326 g/mol. The van der Waals surface area contributed by atoms with Gasteiger partial charge in [0.05, 0.1) is 18.9 Å². The van der Waals surface area contributed by atoms with Crippen molar-refractivity contribution in [3.63, 3.8) is 0 Å². The van der Waals surface area contributed by atoms with E-state index in [-0.39, 0.29) is 13.2 Å². The molecule has 0 radical (unpaired) electrons. The van der Waals surface area contributed by atoms with Gasteiger partial charge in [0.1, 0.15) is 5.76 Å². The number of benzene rings is 2. The monoisotopic (exact) mass is 326 g/mol. The minimum absolute atomic E-state index is 0.0487. The lowest BCUT2D eigenvalue weighted by Gasteiger charge is -2.18. The van der Waals surface area contributed by atoms with Gasteiger partial charge in [-0.1, -0.05) is 36.4 Å². The van der Waals surface area contributed by atoms with Crippen molar-refractivity contribution in [1.29, 1.82) is 0 Å². The van der Waals surface area contributed by atoms with E-state index in [0.29, 0.717) is 25.5 Å². The number of aliphatic hydroxyl groups excluding tert-OH is 2. The molecule has 126 valence electrons. The maximum Gasteiger partial charge on any atom is 0.227 e. The van der Waals surface area contributed by atoms with Crippen molar-refractivity contribution >= 4 is 10.8 Å². The number of aromatic nitrogens is 1. The van der Waals surface area contributed by atoms with Crippen LogP contribution < -0.4 is 0 Å². The smallest absolute Gasteiger partial charge is 0.227 e. The topological polar surface area (TPSA) is 69.7 Å². The Morgan fingerprint density at radius 1 is 1.00 bits per heavy atom. The van der Waals surface area contributed by atoms with Gasteiger partial charge in [0.25, 0.3) is 0 Å². The molecule has 0 fully saturated rings. The largest absolute Gasteiger partial charge is 0.441 e. The third kappa shape index (κ3) is 3.48. The summed E-state index contributed by atoms with van der Waals surface area (Å²) in [6, 6.07) is 14.2. The Bertz CT molecular complexity index is 802. The summed E-state index contributed by atoms with van der Waals surface area (Å²) in [4.78, 5) is 6.62. The molecule has 5 heteroatoms. The molecule has 24 heavy (non-hydrogen) atoms. The molecular weight excluding hydrogens is 304 g/mol. The fourth-order valence-electron chi connectivity index (χ4n) is 2.87. The molecule has 1 heterocycles. The summed E-state index contributed by atoms with van der Waals surface area (Å²) < 4.78 is 5.90. The molecule has 5 nitrogen and oxygen atoms in total. The first-order valence-corrected chi connectivity index (χ1v) is 8.11. The molecule has 0 aliphatic rings. The van der Waals surface area contributed by atoms with Gasteiger partial charge in [-0.3, -0.25) is 4.90 Å². The molecule has 2 N–H and O–H groups in total. The molecule has 0 unspecified atom stereocenters. The SMILES string of the molecule is Cc1oc(-c2cccc3ccccc23)nc1CN(CCO)CCO. The summed E-state index contributed by atoms with van der Waals surface area (Å²) in [6.07, 6.45) is 0. The summed E-state index contributed by atoms with van der Waals surface area (Å²) >= 11 is 0. The lowest BCUT2D eigenvalue weighted by Crippen LogP contribution is -2.29. The molecule has 1 aromatic heterocycles. The quantitative estimate of drug-likeness (QED) is 0.698. The number of aliphatic hydroxyl groups is 2. The molecule has 0 amide bonds. The van der Waals surface area contributed by atoms with Crippen LogP contribution in [0.15, 0.2) is 46.9 Å². The van der Waals surface area contributed by atoms with Crippen molar-refractivity contribution in [2.45, 2.75) is 13.5 Å². The lowest BCUT2D eigenvalue weighted by atomic mass is 10.0. The van der Waals surface area contributed by atoms with E-state index in [1.807, 2.05) is 36.1 Å². The Labute approximate surface area is 141 Å². The third-order valence-electron chi connectivity index (χ3n) is 4.12. The second kappa shape index (κ2) is 7.57. The van der Waals surface area contributed by atoms with Gasteiger partial charge >= 0.3 is 0 Å². The molecule has 0 aliphatic carbocycles. The van der Waals surface area contributed by atoms with Crippen LogP contribution in [0.5, 0.6) is 0 Å². The van der Waals surface area contributed by atoms with Gasteiger partial charge in [-0.05, 0) is 23.8 Å². The minimum Gasteiger partial charge on any atom is -0.441 e. The Morgan fingerprint density at radius 3 is 2.46 bits per heavy atom. The number of hydrogen-bond donors (Lipinski definition) is 2. The van der Waals surface area contributed by atoms with Crippen LogP contribution in [0.1, 0.15) is 11.5 Å². The predicted octanol–water partition coefficient (Wildman–Crippen LogP) is 2.59. The lowest BCUT2D eigenvalue weighted by molar-refractivity contribution is 0.154. The fraction of sp³-hybridized carbons (Fsp3) is 0.316. The van der Waals surface area contributed by atoms with Gasteiger partial charge in [-0.2, -0.15) is 0 Å². The molecule has 2 aromatic carbocycles. The molecule has 3 aromatic rings. The normalized spacial score (nSPS) is 11.5. The van der Waals surface area contributed by atoms with E-state index >= 15 is 0 Å². The van der Waals surface area contributed by atoms with E-state index in [1.54, 1.807) is 0 Å². The van der Waals surface area contributed by atoms with E-state index in [9.17, 15) is 0 Å². The summed E-state index contributed by atoms with van der Waals surface area (Å²) in [7, 11) is 0. The standard InChI is InChI=1S/C19H22N2O3/c1-14-18(13-21(9-11-22)10-12-23)20-19(24-14)17-8-4-6-15-5-2-3-7-16(15)17/h2-8,22-23H,9-13H2,1H3. The van der Waals surface area contributed by atoms with Crippen LogP contribution in [0.3, 0.4) is 0 Å². The molecule has 0 spiro atoms. The average Bonchev–Trinajstić information content (AvgIpc) is 2.95. The van der Waals surface area contributed by atoms with E-state index in [1.165, 1.54) is 0 Å². The first-order chi connectivity index (χ1) is 11.7. The van der Waals surface area contributed by atoms with Crippen LogP contribution in [0, 0.1) is 6.92 Å². The van der Waals surface area contributed by atoms with Gasteiger partial charge < -0.3 is 14.6 Å². The van der Waals surface area contributed by atoms with Crippen molar-refractivity contribution in [3.05, 3.63) is 53.9 Å². The van der Waals surface area contributed by atoms with Crippen molar-refractivity contribution in [1.82, 2.24) is 9.88 Å². The predicted molar refractivity (Wildman–Crippen MR) is 93.6 cm³/mol. The first-order valence-electron chi connectivity index (χ1n) is 8.11. The highest BCUT2D eigenvalue weighted by atomic mass is 16.4. The molecule has 0 saturated carbocycles. The van der Waals surface area contributed by atoms with Crippen molar-refractivity contribution in [2.75, 3.05) is 26.3 Å². The van der Waals surface area contributed by atoms with E-state index in [4.69, 9.17) is 14.6 Å². The summed E-state index contributed by atoms with van der Waals surface area (Å²) in [5.41, 5.74) is 1.80. The molecule has 3 rings (SSSR count). The zero-order chi connectivity index (χ0) is 16.9. The number of fused-ring (bicyclic) bond motifs is 1. The molecule has 0 atom stereocenters. The zero-order valence-corrected chi connectivity index (χ0v) is 13.8. The Balaban J connectivity index is 1.93. The first kappa shape index (κ1) is 16.6. The van der Waals surface area contributed by atoms with Crippen LogP contribution in [0.4, 0.5) is 0 Å². The molecule has 0 saturated heterocycles. The van der Waals surface area contributed by atoms with E-state index in [2.05, 4.69) is 23.2 Å².